The zero-order valence-electron chi connectivity index (χ0n) is 15.5. The minimum atomic E-state index is -0.189. The second kappa shape index (κ2) is 8.15. The standard InChI is InChI=1S/C21H29NO3/c1-4-17(5-2)25-19-13-16(21(23)24-6-3)12-18-20(19)22(18)14-15-10-8-7-9-11-15/h7-11,13,17-20H,4-6,12,14H2,1-3H3/t18-,19-,20-,22?/m1/s1. The van der Waals surface area contributed by atoms with Crippen molar-refractivity contribution in [1.29, 1.82) is 0 Å². The summed E-state index contributed by atoms with van der Waals surface area (Å²) in [5.41, 5.74) is 2.07. The molecule has 0 amide bonds. The van der Waals surface area contributed by atoms with E-state index in [9.17, 15) is 4.79 Å². The predicted molar refractivity (Wildman–Crippen MR) is 98.1 cm³/mol. The summed E-state index contributed by atoms with van der Waals surface area (Å²) in [4.78, 5) is 14.7. The summed E-state index contributed by atoms with van der Waals surface area (Å²) >= 11 is 0. The highest BCUT2D eigenvalue weighted by Crippen LogP contribution is 2.43. The first-order valence-corrected chi connectivity index (χ1v) is 9.50. The molecule has 0 aromatic heterocycles. The lowest BCUT2D eigenvalue weighted by molar-refractivity contribution is -0.138. The minimum Gasteiger partial charge on any atom is -0.463 e. The highest BCUT2D eigenvalue weighted by atomic mass is 16.5. The maximum absolute atomic E-state index is 12.2. The molecule has 4 heteroatoms. The van der Waals surface area contributed by atoms with Gasteiger partial charge in [-0.25, -0.2) is 4.79 Å². The first-order valence-electron chi connectivity index (χ1n) is 9.50. The van der Waals surface area contributed by atoms with Crippen LogP contribution in [0.5, 0.6) is 0 Å². The van der Waals surface area contributed by atoms with Gasteiger partial charge < -0.3 is 9.47 Å². The van der Waals surface area contributed by atoms with E-state index in [1.54, 1.807) is 0 Å². The molecule has 0 spiro atoms. The van der Waals surface area contributed by atoms with Crippen molar-refractivity contribution in [1.82, 2.24) is 4.90 Å². The van der Waals surface area contributed by atoms with Gasteiger partial charge >= 0.3 is 5.97 Å². The zero-order chi connectivity index (χ0) is 17.8. The molecule has 1 aromatic rings. The third-order valence-corrected chi connectivity index (χ3v) is 5.25. The van der Waals surface area contributed by atoms with Gasteiger partial charge in [-0.05, 0) is 37.8 Å². The van der Waals surface area contributed by atoms with Gasteiger partial charge in [-0.3, -0.25) is 4.90 Å². The summed E-state index contributed by atoms with van der Waals surface area (Å²) in [7, 11) is 0. The highest BCUT2D eigenvalue weighted by molar-refractivity contribution is 5.89. The second-order valence-electron chi connectivity index (χ2n) is 6.87. The predicted octanol–water partition coefficient (Wildman–Crippen LogP) is 3.71. The largest absolute Gasteiger partial charge is 0.463 e. The molecule has 1 aliphatic heterocycles. The number of nitrogens with zero attached hydrogens (tertiary/aromatic N) is 1. The molecular formula is C21H29NO3. The van der Waals surface area contributed by atoms with Crippen molar-refractivity contribution in [3.63, 3.8) is 0 Å². The first-order chi connectivity index (χ1) is 12.2. The minimum absolute atomic E-state index is 0.0215. The number of carbonyl (C=O) groups excluding carboxylic acids is 1. The fourth-order valence-electron chi connectivity index (χ4n) is 3.81. The molecule has 25 heavy (non-hydrogen) atoms. The number of ether oxygens (including phenoxy) is 2. The topological polar surface area (TPSA) is 38.5 Å². The van der Waals surface area contributed by atoms with Crippen LogP contribution < -0.4 is 0 Å². The van der Waals surface area contributed by atoms with E-state index >= 15 is 0 Å². The monoisotopic (exact) mass is 343 g/mol. The lowest BCUT2D eigenvalue weighted by atomic mass is 9.97. The molecule has 4 nitrogen and oxygen atoms in total. The zero-order valence-corrected chi connectivity index (χ0v) is 15.5. The third kappa shape index (κ3) is 4.13. The van der Waals surface area contributed by atoms with Crippen molar-refractivity contribution >= 4 is 5.97 Å². The molecule has 0 radical (unpaired) electrons. The number of rotatable bonds is 8. The molecule has 136 valence electrons. The fourth-order valence-corrected chi connectivity index (χ4v) is 3.81. The Labute approximate surface area is 150 Å². The van der Waals surface area contributed by atoms with E-state index < -0.39 is 0 Å². The van der Waals surface area contributed by atoms with Crippen LogP contribution >= 0.6 is 0 Å². The molecule has 0 N–H and O–H groups in total. The van der Waals surface area contributed by atoms with Gasteiger partial charge in [0.05, 0.1) is 24.9 Å². The molecule has 1 saturated heterocycles. The summed E-state index contributed by atoms with van der Waals surface area (Å²) in [5.74, 6) is -0.189. The van der Waals surface area contributed by atoms with Crippen LogP contribution in [0.1, 0.15) is 45.6 Å². The van der Waals surface area contributed by atoms with Crippen LogP contribution in [0, 0.1) is 0 Å². The van der Waals surface area contributed by atoms with E-state index in [0.717, 1.165) is 31.4 Å². The van der Waals surface area contributed by atoms with Gasteiger partial charge in [0.25, 0.3) is 0 Å². The van der Waals surface area contributed by atoms with Gasteiger partial charge in [0.15, 0.2) is 0 Å². The summed E-state index contributed by atoms with van der Waals surface area (Å²) in [6.07, 6.45) is 4.98. The second-order valence-corrected chi connectivity index (χ2v) is 6.87. The molecule has 0 saturated carbocycles. The summed E-state index contributed by atoms with van der Waals surface area (Å²) in [6.45, 7) is 7.47. The van der Waals surface area contributed by atoms with Crippen molar-refractivity contribution in [2.45, 2.75) is 70.9 Å². The van der Waals surface area contributed by atoms with E-state index in [1.807, 2.05) is 19.1 Å². The lowest BCUT2D eigenvalue weighted by Gasteiger charge is -2.24. The van der Waals surface area contributed by atoms with Crippen LogP contribution in [0.4, 0.5) is 0 Å². The Morgan fingerprint density at radius 1 is 1.20 bits per heavy atom. The van der Waals surface area contributed by atoms with E-state index in [0.29, 0.717) is 18.7 Å². The Bertz CT molecular complexity index is 609. The van der Waals surface area contributed by atoms with Crippen molar-refractivity contribution in [2.75, 3.05) is 6.61 Å². The first kappa shape index (κ1) is 18.2. The van der Waals surface area contributed by atoms with Gasteiger partial charge in [0, 0.05) is 18.2 Å². The smallest absolute Gasteiger partial charge is 0.333 e. The average molecular weight is 343 g/mol. The SMILES string of the molecule is CCOC(=O)C1=C[C@@H](OC(CC)CC)[C@H]2[C@@H](C1)N2Cc1ccccc1. The van der Waals surface area contributed by atoms with Gasteiger partial charge in [0.1, 0.15) is 0 Å². The quantitative estimate of drug-likeness (QED) is 0.533. The summed E-state index contributed by atoms with van der Waals surface area (Å²) in [5, 5.41) is 0. The van der Waals surface area contributed by atoms with Crippen LogP contribution in [-0.4, -0.2) is 41.8 Å². The molecular weight excluding hydrogens is 314 g/mol. The molecule has 1 aliphatic carbocycles. The van der Waals surface area contributed by atoms with Crippen molar-refractivity contribution in [2.24, 2.45) is 0 Å². The molecule has 1 heterocycles. The van der Waals surface area contributed by atoms with Crippen LogP contribution in [0.15, 0.2) is 42.0 Å². The van der Waals surface area contributed by atoms with Crippen molar-refractivity contribution < 1.29 is 14.3 Å². The van der Waals surface area contributed by atoms with Crippen molar-refractivity contribution in [3.05, 3.63) is 47.5 Å². The number of benzene rings is 1. The molecule has 1 aromatic carbocycles. The van der Waals surface area contributed by atoms with Gasteiger partial charge in [-0.15, -0.1) is 0 Å². The number of esters is 1. The Morgan fingerprint density at radius 2 is 1.92 bits per heavy atom. The summed E-state index contributed by atoms with van der Waals surface area (Å²) in [6, 6.07) is 11.2. The van der Waals surface area contributed by atoms with Gasteiger partial charge in [-0.1, -0.05) is 44.2 Å². The van der Waals surface area contributed by atoms with Crippen LogP contribution in [0.3, 0.4) is 0 Å². The fraction of sp³-hybridized carbons (Fsp3) is 0.571. The Kier molecular flexibility index (Phi) is 5.92. The van der Waals surface area contributed by atoms with E-state index in [-0.39, 0.29) is 18.2 Å². The highest BCUT2D eigenvalue weighted by Gasteiger charge is 2.55. The van der Waals surface area contributed by atoms with Crippen LogP contribution in [-0.2, 0) is 20.8 Å². The van der Waals surface area contributed by atoms with E-state index in [4.69, 9.17) is 9.47 Å². The number of carbonyl (C=O) groups is 1. The number of hydrogen-bond acceptors (Lipinski definition) is 4. The number of hydrogen-bond donors (Lipinski definition) is 0. The van der Waals surface area contributed by atoms with E-state index in [2.05, 4.69) is 43.0 Å². The molecule has 0 bridgehead atoms. The number of fused-ring (bicyclic) bond motifs is 1. The molecule has 4 atom stereocenters. The molecule has 1 fully saturated rings. The Balaban J connectivity index is 1.73. The van der Waals surface area contributed by atoms with Crippen molar-refractivity contribution in [3.8, 4) is 0 Å². The van der Waals surface area contributed by atoms with Crippen LogP contribution in [0.2, 0.25) is 0 Å². The lowest BCUT2D eigenvalue weighted by Crippen LogP contribution is -2.30. The Hall–Kier alpha value is -1.65. The van der Waals surface area contributed by atoms with Gasteiger partial charge in [-0.2, -0.15) is 0 Å². The van der Waals surface area contributed by atoms with Crippen LogP contribution in [0.25, 0.3) is 0 Å². The molecule has 2 aliphatic rings. The maximum Gasteiger partial charge on any atom is 0.333 e. The average Bonchev–Trinajstić information content (AvgIpc) is 3.33. The normalized spacial score (nSPS) is 27.6. The summed E-state index contributed by atoms with van der Waals surface area (Å²) < 4.78 is 11.6. The van der Waals surface area contributed by atoms with Gasteiger partial charge in [0.2, 0.25) is 0 Å². The third-order valence-electron chi connectivity index (χ3n) is 5.25. The Morgan fingerprint density at radius 3 is 2.56 bits per heavy atom. The van der Waals surface area contributed by atoms with E-state index in [1.165, 1.54) is 5.56 Å². The maximum atomic E-state index is 12.2. The molecule has 1 unspecified atom stereocenters. The molecule has 3 rings (SSSR count).